The van der Waals surface area contributed by atoms with E-state index in [1.54, 1.807) is 30.9 Å². The van der Waals surface area contributed by atoms with Crippen LogP contribution >= 0.6 is 0 Å². The van der Waals surface area contributed by atoms with Gasteiger partial charge in [0, 0.05) is 18.2 Å². The van der Waals surface area contributed by atoms with E-state index in [4.69, 9.17) is 0 Å². The van der Waals surface area contributed by atoms with Gasteiger partial charge in [0.15, 0.2) is 5.82 Å². The molecule has 3 aromatic heterocycles. The van der Waals surface area contributed by atoms with Gasteiger partial charge in [-0.05, 0) is 62.4 Å². The van der Waals surface area contributed by atoms with Gasteiger partial charge in [-0.25, -0.2) is 14.4 Å². The van der Waals surface area contributed by atoms with Crippen LogP contribution in [0.25, 0.3) is 17.2 Å². The van der Waals surface area contributed by atoms with Gasteiger partial charge in [-0.3, -0.25) is 4.79 Å². The molecule has 1 amide bonds. The first-order chi connectivity index (χ1) is 16.6. The summed E-state index contributed by atoms with van der Waals surface area (Å²) in [5.41, 5.74) is 3.05. The second-order valence-electron chi connectivity index (χ2n) is 9.11. The number of imidazole rings is 1. The summed E-state index contributed by atoms with van der Waals surface area (Å²) >= 11 is 0. The zero-order valence-electron chi connectivity index (χ0n) is 18.8. The average molecular weight is 458 g/mol. The number of carbonyl (C=O) groups is 1. The molecule has 9 heteroatoms. The maximum atomic E-state index is 14.8. The van der Waals surface area contributed by atoms with Crippen LogP contribution in [0, 0.1) is 12.7 Å². The first-order valence-corrected chi connectivity index (χ1v) is 11.6. The maximum Gasteiger partial charge on any atom is 0.259 e. The number of amides is 1. The molecule has 1 aromatic carbocycles. The summed E-state index contributed by atoms with van der Waals surface area (Å²) in [6, 6.07) is 8.64. The number of halogens is 1. The number of anilines is 1. The van der Waals surface area contributed by atoms with Crippen LogP contribution in [-0.4, -0.2) is 35.2 Å². The Kier molecular flexibility index (Phi) is 4.97. The fourth-order valence-electron chi connectivity index (χ4n) is 4.36. The molecule has 0 atom stereocenters. The van der Waals surface area contributed by atoms with Crippen LogP contribution in [0.1, 0.15) is 65.7 Å². The van der Waals surface area contributed by atoms with Crippen LogP contribution in [0.2, 0.25) is 0 Å². The van der Waals surface area contributed by atoms with E-state index >= 15 is 0 Å². The Labute approximate surface area is 195 Å². The van der Waals surface area contributed by atoms with Crippen molar-refractivity contribution in [2.45, 2.75) is 51.0 Å². The number of benzene rings is 1. The number of rotatable bonds is 6. The summed E-state index contributed by atoms with van der Waals surface area (Å²) in [5, 5.41) is 10.9. The van der Waals surface area contributed by atoms with Gasteiger partial charge in [-0.2, -0.15) is 0 Å². The third kappa shape index (κ3) is 3.76. The van der Waals surface area contributed by atoms with Gasteiger partial charge in [-0.1, -0.05) is 12.5 Å². The molecule has 0 bridgehead atoms. The summed E-state index contributed by atoms with van der Waals surface area (Å²) < 4.78 is 18.7. The number of hydrogen-bond acceptors (Lipinski definition) is 5. The van der Waals surface area contributed by atoms with E-state index in [2.05, 4.69) is 25.5 Å². The monoisotopic (exact) mass is 457 g/mol. The Morgan fingerprint density at radius 3 is 2.76 bits per heavy atom. The highest BCUT2D eigenvalue weighted by atomic mass is 19.1. The van der Waals surface area contributed by atoms with Crippen molar-refractivity contribution in [3.8, 4) is 17.2 Å². The van der Waals surface area contributed by atoms with Gasteiger partial charge in [-0.15, -0.1) is 10.2 Å². The number of aryl methyl sites for hydroxylation is 1. The molecule has 0 unspecified atom stereocenters. The predicted molar refractivity (Wildman–Crippen MR) is 124 cm³/mol. The van der Waals surface area contributed by atoms with Crippen LogP contribution in [0.3, 0.4) is 0 Å². The molecule has 34 heavy (non-hydrogen) atoms. The summed E-state index contributed by atoms with van der Waals surface area (Å²) in [7, 11) is 0. The van der Waals surface area contributed by atoms with Gasteiger partial charge in [0.1, 0.15) is 23.7 Å². The third-order valence-electron chi connectivity index (χ3n) is 6.67. The van der Waals surface area contributed by atoms with E-state index in [0.717, 1.165) is 42.6 Å². The second kappa shape index (κ2) is 8.16. The minimum atomic E-state index is -0.581. The second-order valence-corrected chi connectivity index (χ2v) is 9.11. The van der Waals surface area contributed by atoms with Gasteiger partial charge < -0.3 is 14.5 Å². The van der Waals surface area contributed by atoms with E-state index in [0.29, 0.717) is 29.3 Å². The molecule has 1 N–H and O–H groups in total. The molecular formula is C25H24FN7O. The number of hydrogen-bond donors (Lipinski definition) is 1. The molecule has 0 aliphatic heterocycles. The average Bonchev–Trinajstić information content (AvgIpc) is 3.31. The summed E-state index contributed by atoms with van der Waals surface area (Å²) in [5.74, 6) is 0.331. The lowest BCUT2D eigenvalue weighted by molar-refractivity contribution is 0.102. The number of nitrogens with zero attached hydrogens (tertiary/aromatic N) is 6. The molecule has 0 saturated heterocycles. The minimum Gasteiger partial charge on any atom is -0.309 e. The minimum absolute atomic E-state index is 0.0483. The lowest BCUT2D eigenvalue weighted by Gasteiger charge is -2.22. The van der Waals surface area contributed by atoms with E-state index in [9.17, 15) is 9.18 Å². The zero-order chi connectivity index (χ0) is 23.2. The molecule has 4 aromatic rings. The molecule has 2 saturated carbocycles. The first kappa shape index (κ1) is 20.7. The standard InChI is InChI=1S/C25H24FN7O/c1-15-10-19(26)18(11-22(15)32-12-21(27-13-32)16-4-2-5-16)25(34)30-23-7-3-6-20(29-23)24-31-28-14-33(24)17-8-9-17/h3,6-7,10-14,16-17H,2,4-5,8-9H2,1H3,(H,29,30,34). The van der Waals surface area contributed by atoms with Crippen LogP contribution < -0.4 is 5.32 Å². The quantitative estimate of drug-likeness (QED) is 0.448. The van der Waals surface area contributed by atoms with E-state index < -0.39 is 11.7 Å². The van der Waals surface area contributed by atoms with Gasteiger partial charge >= 0.3 is 0 Å². The van der Waals surface area contributed by atoms with Gasteiger partial charge in [0.2, 0.25) is 0 Å². The SMILES string of the molecule is Cc1cc(F)c(C(=O)Nc2cccc(-c3nncn3C3CC3)n2)cc1-n1cnc(C2CCC2)c1. The molecule has 6 rings (SSSR count). The molecule has 2 fully saturated rings. The van der Waals surface area contributed by atoms with E-state index in [1.807, 2.05) is 28.3 Å². The highest BCUT2D eigenvalue weighted by Gasteiger charge is 2.27. The Morgan fingerprint density at radius 1 is 1.15 bits per heavy atom. The van der Waals surface area contributed by atoms with Crippen LogP contribution in [0.5, 0.6) is 0 Å². The lowest BCUT2D eigenvalue weighted by atomic mass is 9.83. The Balaban J connectivity index is 1.27. The number of pyridine rings is 1. The van der Waals surface area contributed by atoms with Crippen LogP contribution in [0.4, 0.5) is 10.2 Å². The summed E-state index contributed by atoms with van der Waals surface area (Å²) in [4.78, 5) is 22.1. The fraction of sp³-hybridized carbons (Fsp3) is 0.320. The van der Waals surface area contributed by atoms with Crippen molar-refractivity contribution in [1.82, 2.24) is 29.3 Å². The first-order valence-electron chi connectivity index (χ1n) is 11.6. The summed E-state index contributed by atoms with van der Waals surface area (Å²) in [6.07, 6.45) is 11.1. The number of aromatic nitrogens is 6. The highest BCUT2D eigenvalue weighted by molar-refractivity contribution is 6.04. The molecule has 0 spiro atoms. The van der Waals surface area contributed by atoms with Crippen molar-refractivity contribution in [1.29, 1.82) is 0 Å². The molecule has 172 valence electrons. The largest absolute Gasteiger partial charge is 0.309 e. The van der Waals surface area contributed by atoms with Crippen LogP contribution in [0.15, 0.2) is 49.2 Å². The third-order valence-corrected chi connectivity index (χ3v) is 6.67. The molecule has 0 radical (unpaired) electrons. The molecule has 3 heterocycles. The van der Waals surface area contributed by atoms with Gasteiger partial charge in [0.05, 0.1) is 23.3 Å². The Morgan fingerprint density at radius 2 is 2.00 bits per heavy atom. The van der Waals surface area contributed by atoms with Gasteiger partial charge in [0.25, 0.3) is 5.91 Å². The normalized spacial score (nSPS) is 15.8. The molecule has 8 nitrogen and oxygen atoms in total. The van der Waals surface area contributed by atoms with E-state index in [1.165, 1.54) is 12.5 Å². The van der Waals surface area contributed by atoms with Crippen molar-refractivity contribution >= 4 is 11.7 Å². The Bertz CT molecular complexity index is 1380. The number of carbonyl (C=O) groups excluding carboxylic acids is 1. The van der Waals surface area contributed by atoms with Crippen LogP contribution in [-0.2, 0) is 0 Å². The Hall–Kier alpha value is -3.88. The molecule has 2 aliphatic carbocycles. The zero-order valence-corrected chi connectivity index (χ0v) is 18.8. The van der Waals surface area contributed by atoms with Crippen molar-refractivity contribution in [2.75, 3.05) is 5.32 Å². The smallest absolute Gasteiger partial charge is 0.259 e. The van der Waals surface area contributed by atoms with E-state index in [-0.39, 0.29) is 5.56 Å². The summed E-state index contributed by atoms with van der Waals surface area (Å²) in [6.45, 7) is 1.82. The van der Waals surface area contributed by atoms with Crippen molar-refractivity contribution < 1.29 is 9.18 Å². The molecular weight excluding hydrogens is 433 g/mol. The van der Waals surface area contributed by atoms with Crippen molar-refractivity contribution in [3.63, 3.8) is 0 Å². The fourth-order valence-corrected chi connectivity index (χ4v) is 4.36. The topological polar surface area (TPSA) is 90.5 Å². The predicted octanol–water partition coefficient (Wildman–Crippen LogP) is 4.83. The van der Waals surface area contributed by atoms with Crippen molar-refractivity contribution in [3.05, 3.63) is 71.8 Å². The maximum absolute atomic E-state index is 14.8. The number of nitrogens with one attached hydrogen (secondary N) is 1. The highest BCUT2D eigenvalue weighted by Crippen LogP contribution is 2.37. The lowest BCUT2D eigenvalue weighted by Crippen LogP contribution is -2.16. The molecule has 2 aliphatic rings. The van der Waals surface area contributed by atoms with Crippen molar-refractivity contribution in [2.24, 2.45) is 0 Å².